The topological polar surface area (TPSA) is 52.7 Å². The van der Waals surface area contributed by atoms with Crippen LogP contribution in [0.4, 0.5) is 5.69 Å². The molecule has 0 radical (unpaired) electrons. The predicted octanol–water partition coefficient (Wildman–Crippen LogP) is 2.03. The van der Waals surface area contributed by atoms with Crippen molar-refractivity contribution in [3.63, 3.8) is 0 Å². The molecule has 2 atom stereocenters. The third-order valence-electron chi connectivity index (χ3n) is 5.10. The summed E-state index contributed by atoms with van der Waals surface area (Å²) in [5.41, 5.74) is 1.14. The molecule has 2 fully saturated rings. The molecule has 0 saturated carbocycles. The first-order chi connectivity index (χ1) is 11.6. The molecule has 0 bridgehead atoms. The number of piperidine rings is 1. The van der Waals surface area contributed by atoms with Gasteiger partial charge in [-0.15, -0.1) is 0 Å². The van der Waals surface area contributed by atoms with Crippen molar-refractivity contribution in [1.82, 2.24) is 10.2 Å². The number of likely N-dealkylation sites (tertiary alicyclic amines) is 1. The maximum Gasteiger partial charge on any atom is 0.245 e. The third-order valence-corrected chi connectivity index (χ3v) is 5.10. The first-order valence-corrected chi connectivity index (χ1v) is 9.00. The van der Waals surface area contributed by atoms with E-state index >= 15 is 0 Å². The van der Waals surface area contributed by atoms with E-state index < -0.39 is 0 Å². The van der Waals surface area contributed by atoms with Crippen molar-refractivity contribution in [2.24, 2.45) is 5.92 Å². The van der Waals surface area contributed by atoms with E-state index in [1.165, 1.54) is 0 Å². The predicted molar refractivity (Wildman–Crippen MR) is 94.8 cm³/mol. The second-order valence-electron chi connectivity index (χ2n) is 6.92. The number of carbonyl (C=O) groups excluding carboxylic acids is 2. The number of anilines is 1. The van der Waals surface area contributed by atoms with E-state index in [0.29, 0.717) is 12.5 Å². The Morgan fingerprint density at radius 3 is 2.62 bits per heavy atom. The number of amides is 2. The normalized spacial score (nSPS) is 24.0. The van der Waals surface area contributed by atoms with Gasteiger partial charge in [-0.25, -0.2) is 0 Å². The first-order valence-electron chi connectivity index (χ1n) is 9.00. The van der Waals surface area contributed by atoms with E-state index in [1.54, 1.807) is 6.92 Å². The van der Waals surface area contributed by atoms with E-state index in [2.05, 4.69) is 22.3 Å². The Kier molecular flexibility index (Phi) is 5.38. The van der Waals surface area contributed by atoms with Crippen molar-refractivity contribution < 1.29 is 9.59 Å². The number of para-hydroxylation sites is 1. The maximum absolute atomic E-state index is 13.1. The molecule has 2 heterocycles. The number of hydrogen-bond acceptors (Lipinski definition) is 3. The maximum atomic E-state index is 13.1. The SMILES string of the molecule is CC(=O)NCC1CCCN(C(=O)C2CCCN2c2ccccc2)C1. The number of carbonyl (C=O) groups is 2. The van der Waals surface area contributed by atoms with E-state index in [9.17, 15) is 9.59 Å². The average Bonchev–Trinajstić information content (AvgIpc) is 3.10. The van der Waals surface area contributed by atoms with Crippen LogP contribution in [-0.4, -0.2) is 48.9 Å². The number of hydrogen-bond donors (Lipinski definition) is 1. The molecule has 2 unspecified atom stereocenters. The van der Waals surface area contributed by atoms with Crippen molar-refractivity contribution in [1.29, 1.82) is 0 Å². The summed E-state index contributed by atoms with van der Waals surface area (Å²) in [7, 11) is 0. The Hall–Kier alpha value is -2.04. The highest BCUT2D eigenvalue weighted by Crippen LogP contribution is 2.28. The Bertz CT molecular complexity index is 575. The van der Waals surface area contributed by atoms with Crippen molar-refractivity contribution in [3.05, 3.63) is 30.3 Å². The van der Waals surface area contributed by atoms with Crippen LogP contribution < -0.4 is 10.2 Å². The fraction of sp³-hybridized carbons (Fsp3) is 0.579. The lowest BCUT2D eigenvalue weighted by atomic mass is 9.97. The van der Waals surface area contributed by atoms with Crippen LogP contribution in [0.3, 0.4) is 0 Å². The molecular formula is C19H27N3O2. The zero-order valence-electron chi connectivity index (χ0n) is 14.4. The standard InChI is InChI=1S/C19H27N3O2/c1-15(23)20-13-16-7-5-11-21(14-16)19(24)18-10-6-12-22(18)17-8-3-2-4-9-17/h2-4,8-9,16,18H,5-7,10-14H2,1H3,(H,20,23). The van der Waals surface area contributed by atoms with Gasteiger partial charge in [0.1, 0.15) is 6.04 Å². The van der Waals surface area contributed by atoms with Gasteiger partial charge < -0.3 is 15.1 Å². The van der Waals surface area contributed by atoms with E-state index in [0.717, 1.165) is 51.0 Å². The monoisotopic (exact) mass is 329 g/mol. The molecule has 2 amide bonds. The number of benzene rings is 1. The van der Waals surface area contributed by atoms with Crippen LogP contribution in [-0.2, 0) is 9.59 Å². The molecule has 1 aromatic rings. The lowest BCUT2D eigenvalue weighted by Crippen LogP contribution is -2.50. The van der Waals surface area contributed by atoms with Crippen molar-refractivity contribution >= 4 is 17.5 Å². The lowest BCUT2D eigenvalue weighted by molar-refractivity contribution is -0.134. The minimum atomic E-state index is -0.0353. The largest absolute Gasteiger partial charge is 0.360 e. The molecule has 0 aromatic heterocycles. The molecule has 2 saturated heterocycles. The van der Waals surface area contributed by atoms with Gasteiger partial charge in [0.15, 0.2) is 0 Å². The van der Waals surface area contributed by atoms with Crippen LogP contribution >= 0.6 is 0 Å². The van der Waals surface area contributed by atoms with Gasteiger partial charge >= 0.3 is 0 Å². The van der Waals surface area contributed by atoms with Gasteiger partial charge in [-0.3, -0.25) is 9.59 Å². The van der Waals surface area contributed by atoms with Gasteiger partial charge in [-0.05, 0) is 43.7 Å². The molecule has 1 aromatic carbocycles. The minimum absolute atomic E-state index is 0.00416. The highest BCUT2D eigenvalue weighted by atomic mass is 16.2. The average molecular weight is 329 g/mol. The van der Waals surface area contributed by atoms with Crippen molar-refractivity contribution in [3.8, 4) is 0 Å². The summed E-state index contributed by atoms with van der Waals surface area (Å²) >= 11 is 0. The Morgan fingerprint density at radius 1 is 1.12 bits per heavy atom. The zero-order valence-corrected chi connectivity index (χ0v) is 14.4. The molecule has 0 aliphatic carbocycles. The molecule has 2 aliphatic rings. The van der Waals surface area contributed by atoms with Crippen LogP contribution in [0.2, 0.25) is 0 Å². The molecule has 2 aliphatic heterocycles. The molecule has 5 heteroatoms. The van der Waals surface area contributed by atoms with Gasteiger partial charge in [0.05, 0.1) is 0 Å². The molecule has 24 heavy (non-hydrogen) atoms. The van der Waals surface area contributed by atoms with Gasteiger partial charge in [-0.1, -0.05) is 18.2 Å². The zero-order chi connectivity index (χ0) is 16.9. The Morgan fingerprint density at radius 2 is 1.88 bits per heavy atom. The smallest absolute Gasteiger partial charge is 0.245 e. The Balaban J connectivity index is 1.63. The van der Waals surface area contributed by atoms with E-state index in [1.807, 2.05) is 23.1 Å². The van der Waals surface area contributed by atoms with E-state index in [-0.39, 0.29) is 17.9 Å². The van der Waals surface area contributed by atoms with Crippen molar-refractivity contribution in [2.45, 2.75) is 38.6 Å². The lowest BCUT2D eigenvalue weighted by Gasteiger charge is -2.36. The van der Waals surface area contributed by atoms with Crippen LogP contribution in [0, 0.1) is 5.92 Å². The molecule has 130 valence electrons. The second-order valence-corrected chi connectivity index (χ2v) is 6.92. The summed E-state index contributed by atoms with van der Waals surface area (Å²) in [6, 6.07) is 10.2. The van der Waals surface area contributed by atoms with Crippen LogP contribution in [0.25, 0.3) is 0 Å². The van der Waals surface area contributed by atoms with Gasteiger partial charge in [0.25, 0.3) is 0 Å². The van der Waals surface area contributed by atoms with Crippen molar-refractivity contribution in [2.75, 3.05) is 31.1 Å². The Labute approximate surface area is 144 Å². The number of rotatable bonds is 4. The first kappa shape index (κ1) is 16.8. The highest BCUT2D eigenvalue weighted by Gasteiger charge is 2.35. The summed E-state index contributed by atoms with van der Waals surface area (Å²) in [6.45, 7) is 4.77. The summed E-state index contributed by atoms with van der Waals surface area (Å²) < 4.78 is 0. The number of nitrogens with zero attached hydrogens (tertiary/aromatic N) is 2. The summed E-state index contributed by atoms with van der Waals surface area (Å²) in [5, 5.41) is 2.89. The van der Waals surface area contributed by atoms with Gasteiger partial charge in [0, 0.05) is 38.8 Å². The summed E-state index contributed by atoms with van der Waals surface area (Å²) in [5.74, 6) is 0.631. The molecule has 1 N–H and O–H groups in total. The molecule has 5 nitrogen and oxygen atoms in total. The summed E-state index contributed by atoms with van der Waals surface area (Å²) in [4.78, 5) is 28.4. The highest BCUT2D eigenvalue weighted by molar-refractivity contribution is 5.86. The molecule has 0 spiro atoms. The van der Waals surface area contributed by atoms with Crippen LogP contribution in [0.1, 0.15) is 32.6 Å². The molecular weight excluding hydrogens is 302 g/mol. The van der Waals surface area contributed by atoms with E-state index in [4.69, 9.17) is 0 Å². The van der Waals surface area contributed by atoms with Crippen LogP contribution in [0.5, 0.6) is 0 Å². The fourth-order valence-corrected chi connectivity index (χ4v) is 3.88. The minimum Gasteiger partial charge on any atom is -0.360 e. The summed E-state index contributed by atoms with van der Waals surface area (Å²) in [6.07, 6.45) is 4.10. The quantitative estimate of drug-likeness (QED) is 0.919. The second kappa shape index (κ2) is 7.69. The van der Waals surface area contributed by atoms with Gasteiger partial charge in [-0.2, -0.15) is 0 Å². The third kappa shape index (κ3) is 3.89. The van der Waals surface area contributed by atoms with Gasteiger partial charge in [0.2, 0.25) is 11.8 Å². The van der Waals surface area contributed by atoms with Crippen LogP contribution in [0.15, 0.2) is 30.3 Å². The number of nitrogens with one attached hydrogen (secondary N) is 1. The molecule has 3 rings (SSSR count). The fourth-order valence-electron chi connectivity index (χ4n) is 3.88.